The number of rotatable bonds is 4. The van der Waals surface area contributed by atoms with E-state index in [0.29, 0.717) is 23.7 Å². The van der Waals surface area contributed by atoms with Gasteiger partial charge in [0.15, 0.2) is 11.6 Å². The Morgan fingerprint density at radius 3 is 1.57 bits per heavy atom. The smallest absolute Gasteiger partial charge is 0.174 e. The van der Waals surface area contributed by atoms with Crippen LogP contribution in [0.3, 0.4) is 0 Å². The first kappa shape index (κ1) is 17.8. The first-order valence-electron chi connectivity index (χ1n) is 10.0. The van der Waals surface area contributed by atoms with Crippen LogP contribution in [-0.2, 0) is 14.2 Å². The Bertz CT molecular complexity index is 806. The van der Waals surface area contributed by atoms with Crippen molar-refractivity contribution < 1.29 is 14.2 Å². The van der Waals surface area contributed by atoms with Gasteiger partial charge in [0.1, 0.15) is 10.9 Å². The quantitative estimate of drug-likeness (QED) is 0.650. The number of benzene rings is 2. The monoisotopic (exact) mass is 412 g/mol. The number of hydrogen-bond donors (Lipinski definition) is 0. The van der Waals surface area contributed by atoms with Crippen molar-refractivity contribution in [2.75, 3.05) is 0 Å². The fraction of sp³-hybridized carbons (Fsp3) is 0.478. The molecule has 5 heteroatoms. The summed E-state index contributed by atoms with van der Waals surface area (Å²) in [7, 11) is 0. The van der Waals surface area contributed by atoms with E-state index in [0.717, 1.165) is 6.42 Å². The minimum absolute atomic E-state index is 0.148. The maximum absolute atomic E-state index is 6.55. The van der Waals surface area contributed by atoms with Crippen LogP contribution in [0, 0.1) is 23.7 Å². The van der Waals surface area contributed by atoms with Crippen LogP contribution in [-0.4, -0.2) is 22.4 Å². The Labute approximate surface area is 174 Å². The van der Waals surface area contributed by atoms with Crippen LogP contribution in [0.2, 0.25) is 0 Å². The first-order valence-corrected chi connectivity index (χ1v) is 11.8. The molecule has 4 aliphatic rings. The van der Waals surface area contributed by atoms with Crippen molar-refractivity contribution >= 4 is 23.5 Å². The number of hydrogen-bond acceptors (Lipinski definition) is 5. The van der Waals surface area contributed by atoms with E-state index in [1.807, 2.05) is 23.5 Å². The first-order chi connectivity index (χ1) is 13.6. The summed E-state index contributed by atoms with van der Waals surface area (Å²) < 4.78 is 19.6. The van der Waals surface area contributed by atoms with Gasteiger partial charge >= 0.3 is 0 Å². The maximum Gasteiger partial charge on any atom is 0.174 e. The molecule has 0 N–H and O–H groups in total. The fourth-order valence-corrected chi connectivity index (χ4v) is 8.55. The van der Waals surface area contributed by atoms with Gasteiger partial charge < -0.3 is 14.2 Å². The lowest BCUT2D eigenvalue weighted by atomic mass is 9.83. The highest BCUT2D eigenvalue weighted by molar-refractivity contribution is 8.00. The lowest BCUT2D eigenvalue weighted by Gasteiger charge is -2.30. The highest BCUT2D eigenvalue weighted by Gasteiger charge is 2.76. The van der Waals surface area contributed by atoms with Gasteiger partial charge in [0.05, 0.1) is 0 Å². The van der Waals surface area contributed by atoms with Gasteiger partial charge in [-0.1, -0.05) is 59.9 Å². The summed E-state index contributed by atoms with van der Waals surface area (Å²) >= 11 is 3.69. The minimum atomic E-state index is -0.534. The largest absolute Gasteiger partial charge is 0.335 e. The van der Waals surface area contributed by atoms with Gasteiger partial charge in [0.25, 0.3) is 0 Å². The molecule has 1 saturated carbocycles. The average molecular weight is 413 g/mol. The van der Waals surface area contributed by atoms with Gasteiger partial charge in [0, 0.05) is 33.5 Å². The van der Waals surface area contributed by atoms with E-state index in [4.69, 9.17) is 14.2 Å². The molecule has 0 spiro atoms. The zero-order chi connectivity index (χ0) is 18.9. The van der Waals surface area contributed by atoms with Gasteiger partial charge in [0.2, 0.25) is 0 Å². The van der Waals surface area contributed by atoms with Crippen molar-refractivity contribution in [3.63, 3.8) is 0 Å². The molecule has 0 unspecified atom stereocenters. The van der Waals surface area contributed by atoms with E-state index in [-0.39, 0.29) is 10.9 Å². The molecular weight excluding hydrogens is 388 g/mol. The molecule has 3 aliphatic heterocycles. The highest BCUT2D eigenvalue weighted by atomic mass is 32.2. The topological polar surface area (TPSA) is 27.7 Å². The molecule has 146 valence electrons. The van der Waals surface area contributed by atoms with Gasteiger partial charge in [-0.05, 0) is 44.5 Å². The number of thioether (sulfide) groups is 2. The van der Waals surface area contributed by atoms with Gasteiger partial charge in [-0.3, -0.25) is 0 Å². The van der Waals surface area contributed by atoms with Crippen molar-refractivity contribution in [3.05, 3.63) is 60.7 Å². The van der Waals surface area contributed by atoms with E-state index >= 15 is 0 Å². The predicted molar refractivity (Wildman–Crippen MR) is 111 cm³/mol. The third-order valence-corrected chi connectivity index (χ3v) is 9.31. The molecule has 2 aromatic carbocycles. The molecule has 6 rings (SSSR count). The summed E-state index contributed by atoms with van der Waals surface area (Å²) in [6, 6.07) is 21.2. The molecule has 2 aromatic rings. The normalized spacial score (nSPS) is 45.5. The van der Waals surface area contributed by atoms with Crippen LogP contribution in [0.25, 0.3) is 0 Å². The zero-order valence-corrected chi connectivity index (χ0v) is 17.6. The van der Waals surface area contributed by atoms with E-state index in [9.17, 15) is 0 Å². The second kappa shape index (κ2) is 6.26. The fourth-order valence-electron chi connectivity index (χ4n) is 6.00. The van der Waals surface area contributed by atoms with Crippen molar-refractivity contribution in [1.29, 1.82) is 0 Å². The van der Waals surface area contributed by atoms with E-state index < -0.39 is 11.6 Å². The maximum atomic E-state index is 6.55. The average Bonchev–Trinajstić information content (AvgIpc) is 3.34. The molecule has 3 saturated heterocycles. The summed E-state index contributed by atoms with van der Waals surface area (Å²) in [6.45, 7) is 4.26. The Morgan fingerprint density at radius 1 is 0.714 bits per heavy atom. The van der Waals surface area contributed by atoms with E-state index in [2.05, 4.69) is 74.5 Å². The van der Waals surface area contributed by atoms with E-state index in [1.54, 1.807) is 0 Å². The molecule has 0 radical (unpaired) electrons. The standard InChI is InChI=1S/C23H24O3S2/c1-22-18-16(20(24-22)27-14-9-5-3-6-10-14)13-17-19(18)23(2,26-22)25-21(17)28-15-11-7-4-8-12-15/h3-12,16-21H,13H2,1-2H3/t16-,17+,18-,19-,20+,21+,22+,23-/m1/s1. The van der Waals surface area contributed by atoms with Crippen molar-refractivity contribution in [3.8, 4) is 0 Å². The third-order valence-electron chi connectivity index (χ3n) is 6.86. The highest BCUT2D eigenvalue weighted by Crippen LogP contribution is 2.71. The Morgan fingerprint density at radius 2 is 1.14 bits per heavy atom. The molecule has 28 heavy (non-hydrogen) atoms. The van der Waals surface area contributed by atoms with Gasteiger partial charge in [-0.2, -0.15) is 0 Å². The SMILES string of the molecule is C[C@@]12O[C@@H](Sc3ccccc3)[C@@H]3C[C@H]4[C@H]([C@@H]31)[C@](C)(O[C@H]4Sc1ccccc1)O2. The van der Waals surface area contributed by atoms with Crippen LogP contribution in [0.5, 0.6) is 0 Å². The summed E-state index contributed by atoms with van der Waals surface area (Å²) in [4.78, 5) is 2.53. The molecule has 3 nitrogen and oxygen atoms in total. The molecule has 3 heterocycles. The summed E-state index contributed by atoms with van der Waals surface area (Å²) in [5.41, 5.74) is 0.296. The van der Waals surface area contributed by atoms with Gasteiger partial charge in [-0.15, -0.1) is 0 Å². The lowest BCUT2D eigenvalue weighted by Crippen LogP contribution is -2.36. The van der Waals surface area contributed by atoms with Crippen molar-refractivity contribution in [2.45, 2.75) is 52.5 Å². The van der Waals surface area contributed by atoms with Crippen LogP contribution < -0.4 is 0 Å². The summed E-state index contributed by atoms with van der Waals surface area (Å²) in [6.07, 6.45) is 1.15. The number of ether oxygens (including phenoxy) is 3. The molecule has 4 fully saturated rings. The Balaban J connectivity index is 1.28. The molecule has 0 amide bonds. The predicted octanol–water partition coefficient (Wildman–Crippen LogP) is 5.61. The minimum Gasteiger partial charge on any atom is -0.335 e. The van der Waals surface area contributed by atoms with Crippen LogP contribution in [0.4, 0.5) is 0 Å². The van der Waals surface area contributed by atoms with Crippen molar-refractivity contribution in [1.82, 2.24) is 0 Å². The Kier molecular flexibility index (Phi) is 3.99. The van der Waals surface area contributed by atoms with Gasteiger partial charge in [-0.25, -0.2) is 0 Å². The molecular formula is C23H24O3S2. The molecule has 8 atom stereocenters. The van der Waals surface area contributed by atoms with Crippen LogP contribution in [0.1, 0.15) is 20.3 Å². The molecule has 1 aliphatic carbocycles. The summed E-state index contributed by atoms with van der Waals surface area (Å²) in [5.74, 6) is 0.765. The van der Waals surface area contributed by atoms with Crippen LogP contribution >= 0.6 is 23.5 Å². The van der Waals surface area contributed by atoms with Crippen molar-refractivity contribution in [2.24, 2.45) is 23.7 Å². The molecule has 0 aromatic heterocycles. The molecule has 0 bridgehead atoms. The third kappa shape index (κ3) is 2.56. The van der Waals surface area contributed by atoms with E-state index in [1.165, 1.54) is 9.79 Å². The Hall–Kier alpha value is -0.980. The summed E-state index contributed by atoms with van der Waals surface area (Å²) in [5, 5.41) is 0. The van der Waals surface area contributed by atoms with Crippen LogP contribution in [0.15, 0.2) is 70.5 Å². The zero-order valence-electron chi connectivity index (χ0n) is 16.0. The second-order valence-electron chi connectivity index (χ2n) is 8.58. The second-order valence-corrected chi connectivity index (χ2v) is 10.9. The lowest BCUT2D eigenvalue weighted by molar-refractivity contribution is -0.299.